The quantitative estimate of drug-likeness (QED) is 0.436. The number of carbonyl (C=O) groups is 4. The number of phenols is 1. The van der Waals surface area contributed by atoms with E-state index in [1.807, 2.05) is 0 Å². The number of fused-ring (bicyclic) bond motifs is 1. The lowest BCUT2D eigenvalue weighted by Gasteiger charge is -2.25. The van der Waals surface area contributed by atoms with Crippen molar-refractivity contribution >= 4 is 35.7 Å². The average Bonchev–Trinajstić information content (AvgIpc) is 2.69. The summed E-state index contributed by atoms with van der Waals surface area (Å²) in [5.74, 6) is -1.74. The molecule has 1 unspecified atom stereocenters. The second kappa shape index (κ2) is 10.6. The molecule has 0 spiro atoms. The molecule has 0 aliphatic carbocycles. The molecule has 0 aromatic heterocycles. The van der Waals surface area contributed by atoms with Crippen molar-refractivity contribution < 1.29 is 38.5 Å². The number of benzene rings is 1. The van der Waals surface area contributed by atoms with Crippen LogP contribution in [0.15, 0.2) is 12.1 Å². The number of rotatable bonds is 2. The molecule has 1 aliphatic heterocycles. The van der Waals surface area contributed by atoms with Crippen molar-refractivity contribution in [3.63, 3.8) is 0 Å². The highest BCUT2D eigenvalue weighted by Crippen LogP contribution is 2.28. The van der Waals surface area contributed by atoms with Crippen LogP contribution in [0, 0.1) is 6.92 Å². The van der Waals surface area contributed by atoms with E-state index in [9.17, 15) is 24.3 Å². The van der Waals surface area contributed by atoms with Crippen LogP contribution >= 0.6 is 11.8 Å². The molecule has 0 radical (unpaired) electrons. The summed E-state index contributed by atoms with van der Waals surface area (Å²) in [5, 5.41) is 14.9. The molecule has 2 rings (SSSR count). The van der Waals surface area contributed by atoms with Gasteiger partial charge in [0.2, 0.25) is 5.91 Å². The molecule has 11 heteroatoms. The number of esters is 2. The van der Waals surface area contributed by atoms with Gasteiger partial charge >= 0.3 is 18.0 Å². The van der Waals surface area contributed by atoms with E-state index in [-0.39, 0.29) is 17.1 Å². The minimum absolute atomic E-state index is 0.0774. The zero-order chi connectivity index (χ0) is 24.1. The second-order valence-corrected chi connectivity index (χ2v) is 9.17. The van der Waals surface area contributed by atoms with Gasteiger partial charge in [0, 0.05) is 17.1 Å². The number of cyclic esters (lactones) is 1. The normalized spacial score (nSPS) is 19.9. The number of nitrogens with one attached hydrogen (secondary N) is 2. The van der Waals surface area contributed by atoms with E-state index in [2.05, 4.69) is 10.6 Å². The Morgan fingerprint density at radius 3 is 2.59 bits per heavy atom. The summed E-state index contributed by atoms with van der Waals surface area (Å²) in [6, 6.07) is 0.754. The van der Waals surface area contributed by atoms with Crippen molar-refractivity contribution in [3.05, 3.63) is 28.8 Å². The number of amides is 2. The van der Waals surface area contributed by atoms with Crippen molar-refractivity contribution in [3.8, 4) is 5.75 Å². The number of carbonyl (C=O) groups excluding carboxylic acids is 4. The van der Waals surface area contributed by atoms with Gasteiger partial charge in [0.1, 0.15) is 30.0 Å². The lowest BCUT2D eigenvalue weighted by Crippen LogP contribution is -2.55. The first kappa shape index (κ1) is 25.3. The van der Waals surface area contributed by atoms with E-state index in [4.69, 9.17) is 14.2 Å². The fourth-order valence-corrected chi connectivity index (χ4v) is 3.93. The van der Waals surface area contributed by atoms with Crippen LogP contribution in [0.3, 0.4) is 0 Å². The molecule has 3 N–H and O–H groups in total. The minimum atomic E-state index is -1.33. The number of methoxy groups -OCH3 is 1. The van der Waals surface area contributed by atoms with Crippen molar-refractivity contribution in [2.75, 3.05) is 19.5 Å². The molecule has 1 aromatic carbocycles. The molecule has 0 saturated heterocycles. The fraction of sp³-hybridized carbons (Fsp3) is 0.524. The third-order valence-electron chi connectivity index (χ3n) is 4.46. The van der Waals surface area contributed by atoms with Gasteiger partial charge in [-0.2, -0.15) is 11.8 Å². The van der Waals surface area contributed by atoms with Crippen LogP contribution in [-0.4, -0.2) is 66.2 Å². The topological polar surface area (TPSA) is 140 Å². The largest absolute Gasteiger partial charge is 0.508 e. The highest BCUT2D eigenvalue weighted by molar-refractivity contribution is 7.98. The van der Waals surface area contributed by atoms with Crippen LogP contribution in [0.4, 0.5) is 4.79 Å². The van der Waals surface area contributed by atoms with Crippen molar-refractivity contribution in [1.29, 1.82) is 0 Å². The number of hydrogen-bond donors (Lipinski definition) is 3. The summed E-state index contributed by atoms with van der Waals surface area (Å²) in [6.45, 7) is 6.03. The summed E-state index contributed by atoms with van der Waals surface area (Å²) in [7, 11) is 1.20. The Bertz CT molecular complexity index is 897. The Morgan fingerprint density at radius 1 is 1.28 bits per heavy atom. The molecule has 1 aliphatic rings. The fourth-order valence-electron chi connectivity index (χ4n) is 2.90. The molecule has 2 atom stereocenters. The van der Waals surface area contributed by atoms with Gasteiger partial charge in [0.05, 0.1) is 12.7 Å². The SMILES string of the molecule is COC(=O)[C@@H]1CSCc2ccc(O)c(C)c2C(=O)OCC(NC(=O)OC(C)(C)C)C(=O)N1. The van der Waals surface area contributed by atoms with E-state index < -0.39 is 48.2 Å². The zero-order valence-corrected chi connectivity index (χ0v) is 19.5. The van der Waals surface area contributed by atoms with Gasteiger partial charge in [0.25, 0.3) is 0 Å². The van der Waals surface area contributed by atoms with E-state index in [1.165, 1.54) is 24.9 Å². The molecule has 0 fully saturated rings. The molecular formula is C21H28N2O8S. The van der Waals surface area contributed by atoms with Crippen LogP contribution in [0.1, 0.15) is 42.3 Å². The lowest BCUT2D eigenvalue weighted by molar-refractivity contribution is -0.144. The van der Waals surface area contributed by atoms with Crippen LogP contribution in [0.2, 0.25) is 0 Å². The third-order valence-corrected chi connectivity index (χ3v) is 5.54. The van der Waals surface area contributed by atoms with Crippen LogP contribution < -0.4 is 10.6 Å². The minimum Gasteiger partial charge on any atom is -0.508 e. The maximum absolute atomic E-state index is 12.8. The number of hydrogen-bond acceptors (Lipinski definition) is 9. The molecule has 176 valence electrons. The highest BCUT2D eigenvalue weighted by atomic mass is 32.2. The Morgan fingerprint density at radius 2 is 1.97 bits per heavy atom. The number of alkyl carbamates (subject to hydrolysis) is 1. The van der Waals surface area contributed by atoms with Gasteiger partial charge in [-0.25, -0.2) is 14.4 Å². The van der Waals surface area contributed by atoms with Gasteiger partial charge in [-0.15, -0.1) is 0 Å². The molecule has 1 heterocycles. The van der Waals surface area contributed by atoms with Gasteiger partial charge in [0.15, 0.2) is 0 Å². The second-order valence-electron chi connectivity index (χ2n) is 8.14. The first-order chi connectivity index (χ1) is 14.9. The van der Waals surface area contributed by atoms with Gasteiger partial charge in [-0.3, -0.25) is 4.79 Å². The molecule has 0 saturated carbocycles. The zero-order valence-electron chi connectivity index (χ0n) is 18.6. The summed E-state index contributed by atoms with van der Waals surface area (Å²) in [4.78, 5) is 50.0. The Labute approximate surface area is 190 Å². The number of ether oxygens (including phenoxy) is 3. The van der Waals surface area contributed by atoms with Crippen LogP contribution in [0.25, 0.3) is 0 Å². The van der Waals surface area contributed by atoms with Crippen molar-refractivity contribution in [2.24, 2.45) is 0 Å². The van der Waals surface area contributed by atoms with Gasteiger partial charge < -0.3 is 30.0 Å². The number of phenolic OH excluding ortho intramolecular Hbond substituents is 1. The monoisotopic (exact) mass is 468 g/mol. The summed E-state index contributed by atoms with van der Waals surface area (Å²) >= 11 is 1.29. The summed E-state index contributed by atoms with van der Waals surface area (Å²) < 4.78 is 15.3. The molecule has 2 amide bonds. The highest BCUT2D eigenvalue weighted by Gasteiger charge is 2.31. The first-order valence-corrected chi connectivity index (χ1v) is 11.0. The summed E-state index contributed by atoms with van der Waals surface area (Å²) in [6.07, 6.45) is -0.890. The molecule has 1 aromatic rings. The number of thioether (sulfide) groups is 1. The Hall–Kier alpha value is -2.95. The maximum Gasteiger partial charge on any atom is 0.408 e. The molecule has 32 heavy (non-hydrogen) atoms. The third kappa shape index (κ3) is 6.78. The number of aromatic hydroxyl groups is 1. The van der Waals surface area contributed by atoms with Crippen LogP contribution in [-0.2, 0) is 29.6 Å². The van der Waals surface area contributed by atoms with E-state index in [1.54, 1.807) is 33.8 Å². The molecule has 10 nitrogen and oxygen atoms in total. The molecular weight excluding hydrogens is 440 g/mol. The van der Waals surface area contributed by atoms with E-state index >= 15 is 0 Å². The van der Waals surface area contributed by atoms with Crippen molar-refractivity contribution in [2.45, 2.75) is 51.1 Å². The Kier molecular flexibility index (Phi) is 8.37. The average molecular weight is 469 g/mol. The van der Waals surface area contributed by atoms with Gasteiger partial charge in [-0.1, -0.05) is 6.07 Å². The first-order valence-electron chi connectivity index (χ1n) is 9.87. The standard InChI is InChI=1S/C21H28N2O8S/c1-11-15(24)7-6-12-9-32-10-14(18(26)29-5)22-17(25)13(8-30-19(27)16(11)12)23-20(28)31-21(2,3)4/h6-7,13-14,24H,8-10H2,1-5H3,(H,22,25)(H,23,28)/t13?,14-/m0/s1. The van der Waals surface area contributed by atoms with Crippen LogP contribution in [0.5, 0.6) is 5.75 Å². The summed E-state index contributed by atoms with van der Waals surface area (Å²) in [5.41, 5.74) is 0.281. The lowest BCUT2D eigenvalue weighted by atomic mass is 10.0. The molecule has 0 bridgehead atoms. The predicted octanol–water partition coefficient (Wildman–Crippen LogP) is 1.66. The maximum atomic E-state index is 12.8. The Balaban J connectivity index is 2.37. The van der Waals surface area contributed by atoms with E-state index in [0.717, 1.165) is 0 Å². The van der Waals surface area contributed by atoms with Gasteiger partial charge in [-0.05, 0) is 39.3 Å². The smallest absolute Gasteiger partial charge is 0.408 e. The van der Waals surface area contributed by atoms with E-state index in [0.29, 0.717) is 16.9 Å². The predicted molar refractivity (Wildman–Crippen MR) is 116 cm³/mol. The van der Waals surface area contributed by atoms with Crippen molar-refractivity contribution in [1.82, 2.24) is 10.6 Å².